The van der Waals surface area contributed by atoms with Crippen molar-refractivity contribution in [2.24, 2.45) is 0 Å². The lowest BCUT2D eigenvalue weighted by atomic mass is 10.3. The number of hydrogen-bond donors (Lipinski definition) is 1. The first-order valence-corrected chi connectivity index (χ1v) is 6.39. The number of nitrogens with one attached hydrogen (secondary N) is 1. The minimum Gasteiger partial charge on any atom is -0.383 e. The van der Waals surface area contributed by atoms with Gasteiger partial charge in [-0.15, -0.1) is 0 Å². The van der Waals surface area contributed by atoms with Crippen LogP contribution in [0, 0.1) is 6.92 Å². The van der Waals surface area contributed by atoms with Crippen LogP contribution in [0.15, 0.2) is 6.20 Å². The molecule has 0 aliphatic heterocycles. The zero-order chi connectivity index (χ0) is 13.7. The molecule has 18 heavy (non-hydrogen) atoms. The molecule has 0 fully saturated rings. The van der Waals surface area contributed by atoms with Crippen molar-refractivity contribution in [3.8, 4) is 0 Å². The van der Waals surface area contributed by atoms with Crippen LogP contribution in [-0.4, -0.2) is 54.8 Å². The van der Waals surface area contributed by atoms with Gasteiger partial charge < -0.3 is 19.5 Å². The summed E-state index contributed by atoms with van der Waals surface area (Å²) < 4.78 is 7.34. The minimum absolute atomic E-state index is 0.252. The first-order chi connectivity index (χ1) is 8.43. The van der Waals surface area contributed by atoms with E-state index >= 15 is 0 Å². The lowest BCUT2D eigenvalue weighted by Gasteiger charge is -2.22. The topological polar surface area (TPSA) is 42.3 Å². The van der Waals surface area contributed by atoms with E-state index in [0.29, 0.717) is 12.6 Å². The van der Waals surface area contributed by atoms with Gasteiger partial charge >= 0.3 is 0 Å². The molecule has 0 aliphatic rings. The van der Waals surface area contributed by atoms with Gasteiger partial charge in [-0.1, -0.05) is 0 Å². The quantitative estimate of drug-likeness (QED) is 0.805. The molecule has 0 saturated carbocycles. The molecule has 0 aromatic carbocycles. The molecule has 0 radical (unpaired) electrons. The van der Waals surface area contributed by atoms with E-state index < -0.39 is 0 Å². The fourth-order valence-corrected chi connectivity index (χ4v) is 2.09. The van der Waals surface area contributed by atoms with Gasteiger partial charge in [0.15, 0.2) is 0 Å². The van der Waals surface area contributed by atoms with Crippen LogP contribution in [0.4, 0.5) is 5.95 Å². The maximum atomic E-state index is 5.14. The Morgan fingerprint density at radius 3 is 2.67 bits per heavy atom. The number of methoxy groups -OCH3 is 1. The molecule has 0 amide bonds. The van der Waals surface area contributed by atoms with Crippen LogP contribution < -0.4 is 5.32 Å². The van der Waals surface area contributed by atoms with E-state index in [9.17, 15) is 0 Å². The van der Waals surface area contributed by atoms with Crippen LogP contribution in [0.5, 0.6) is 0 Å². The molecule has 104 valence electrons. The smallest absolute Gasteiger partial charge is 0.203 e. The number of likely N-dealkylation sites (N-methyl/N-ethyl adjacent to an activating group) is 1. The summed E-state index contributed by atoms with van der Waals surface area (Å²) in [5, 5.41) is 3.39. The van der Waals surface area contributed by atoms with Crippen LogP contribution in [-0.2, 0) is 4.74 Å². The Hall–Kier alpha value is -1.07. The number of aromatic nitrogens is 2. The summed E-state index contributed by atoms with van der Waals surface area (Å²) >= 11 is 0. The maximum absolute atomic E-state index is 5.14. The summed E-state index contributed by atoms with van der Waals surface area (Å²) in [7, 11) is 5.88. The van der Waals surface area contributed by atoms with Crippen molar-refractivity contribution in [2.45, 2.75) is 32.9 Å². The summed E-state index contributed by atoms with van der Waals surface area (Å²) in [5.41, 5.74) is 1.03. The highest BCUT2D eigenvalue weighted by atomic mass is 16.5. The molecule has 1 aromatic heterocycles. The van der Waals surface area contributed by atoms with E-state index in [1.807, 2.05) is 6.92 Å². The highest BCUT2D eigenvalue weighted by Crippen LogP contribution is 2.17. The summed E-state index contributed by atoms with van der Waals surface area (Å²) in [6, 6.07) is 0.639. The van der Waals surface area contributed by atoms with Gasteiger partial charge in [0.25, 0.3) is 0 Å². The summed E-state index contributed by atoms with van der Waals surface area (Å²) in [6.07, 6.45) is 2.09. The van der Waals surface area contributed by atoms with Gasteiger partial charge in [-0.05, 0) is 34.9 Å². The van der Waals surface area contributed by atoms with Crippen molar-refractivity contribution >= 4 is 5.95 Å². The second-order valence-electron chi connectivity index (χ2n) is 5.23. The standard InChI is InChI=1S/C13H26N4O/c1-10-7-17(12(3)8-16(4)5)13(14-10)15-11(2)9-18-6/h7,11-12H,8-9H2,1-6H3,(H,14,15). The van der Waals surface area contributed by atoms with Crippen molar-refractivity contribution in [1.29, 1.82) is 0 Å². The molecule has 5 heteroatoms. The van der Waals surface area contributed by atoms with E-state index in [-0.39, 0.29) is 6.04 Å². The third-order valence-corrected chi connectivity index (χ3v) is 2.75. The van der Waals surface area contributed by atoms with Gasteiger partial charge in [0.1, 0.15) is 0 Å². The Bertz CT molecular complexity index is 362. The highest BCUT2D eigenvalue weighted by molar-refractivity contribution is 5.30. The van der Waals surface area contributed by atoms with Gasteiger partial charge in [0.2, 0.25) is 5.95 Å². The van der Waals surface area contributed by atoms with Crippen LogP contribution in [0.25, 0.3) is 0 Å². The Balaban J connectivity index is 2.78. The van der Waals surface area contributed by atoms with Crippen LogP contribution >= 0.6 is 0 Å². The zero-order valence-corrected chi connectivity index (χ0v) is 12.4. The van der Waals surface area contributed by atoms with Gasteiger partial charge in [-0.3, -0.25) is 0 Å². The molecule has 1 aromatic rings. The number of rotatable bonds is 7. The molecular weight excluding hydrogens is 228 g/mol. The Labute approximate surface area is 110 Å². The maximum Gasteiger partial charge on any atom is 0.203 e. The van der Waals surface area contributed by atoms with Gasteiger partial charge in [-0.2, -0.15) is 0 Å². The second-order valence-corrected chi connectivity index (χ2v) is 5.23. The monoisotopic (exact) mass is 254 g/mol. The fourth-order valence-electron chi connectivity index (χ4n) is 2.09. The van der Waals surface area contributed by atoms with E-state index in [1.165, 1.54) is 0 Å². The van der Waals surface area contributed by atoms with E-state index in [0.717, 1.165) is 18.2 Å². The molecule has 2 atom stereocenters. The normalized spacial score (nSPS) is 14.8. The predicted molar refractivity (Wildman–Crippen MR) is 75.2 cm³/mol. The van der Waals surface area contributed by atoms with Crippen molar-refractivity contribution in [2.75, 3.05) is 39.7 Å². The largest absolute Gasteiger partial charge is 0.383 e. The molecule has 1 N–H and O–H groups in total. The van der Waals surface area contributed by atoms with Crippen molar-refractivity contribution in [1.82, 2.24) is 14.5 Å². The Morgan fingerprint density at radius 2 is 2.11 bits per heavy atom. The van der Waals surface area contributed by atoms with Gasteiger partial charge in [0, 0.05) is 31.9 Å². The summed E-state index contributed by atoms with van der Waals surface area (Å²) in [6.45, 7) is 7.98. The minimum atomic E-state index is 0.252. The third kappa shape index (κ3) is 4.31. The lowest BCUT2D eigenvalue weighted by Crippen LogP contribution is -2.26. The van der Waals surface area contributed by atoms with Crippen molar-refractivity contribution in [3.63, 3.8) is 0 Å². The molecule has 0 bridgehead atoms. The number of imidazole rings is 1. The molecule has 0 spiro atoms. The van der Waals surface area contributed by atoms with Crippen molar-refractivity contribution in [3.05, 3.63) is 11.9 Å². The van der Waals surface area contributed by atoms with E-state index in [1.54, 1.807) is 7.11 Å². The fraction of sp³-hybridized carbons (Fsp3) is 0.769. The van der Waals surface area contributed by atoms with Crippen LogP contribution in [0.1, 0.15) is 25.6 Å². The number of nitrogens with zero attached hydrogens (tertiary/aromatic N) is 3. The average molecular weight is 254 g/mol. The summed E-state index contributed by atoms with van der Waals surface area (Å²) in [5.74, 6) is 0.923. The van der Waals surface area contributed by atoms with Crippen LogP contribution in [0.3, 0.4) is 0 Å². The first-order valence-electron chi connectivity index (χ1n) is 6.39. The molecule has 0 aliphatic carbocycles. The predicted octanol–water partition coefficient (Wildman–Crippen LogP) is 1.76. The van der Waals surface area contributed by atoms with Gasteiger partial charge in [-0.25, -0.2) is 4.98 Å². The van der Waals surface area contributed by atoms with E-state index in [4.69, 9.17) is 4.74 Å². The van der Waals surface area contributed by atoms with Crippen LogP contribution in [0.2, 0.25) is 0 Å². The number of hydrogen-bond acceptors (Lipinski definition) is 4. The highest BCUT2D eigenvalue weighted by Gasteiger charge is 2.14. The average Bonchev–Trinajstić information content (AvgIpc) is 2.58. The molecule has 1 heterocycles. The first kappa shape index (κ1) is 15.0. The van der Waals surface area contributed by atoms with Crippen molar-refractivity contribution < 1.29 is 4.74 Å². The van der Waals surface area contributed by atoms with Gasteiger partial charge in [0.05, 0.1) is 12.3 Å². The lowest BCUT2D eigenvalue weighted by molar-refractivity contribution is 0.190. The number of anilines is 1. The molecule has 1 rings (SSSR count). The molecule has 0 saturated heterocycles. The van der Waals surface area contributed by atoms with E-state index in [2.05, 4.69) is 53.9 Å². The molecule has 5 nitrogen and oxygen atoms in total. The summed E-state index contributed by atoms with van der Waals surface area (Å²) in [4.78, 5) is 6.72. The Morgan fingerprint density at radius 1 is 1.44 bits per heavy atom. The zero-order valence-electron chi connectivity index (χ0n) is 12.4. The number of aryl methyl sites for hydroxylation is 1. The Kier molecular flexibility index (Phi) is 5.62. The SMILES string of the molecule is COCC(C)Nc1nc(C)cn1C(C)CN(C)C. The molecule has 2 unspecified atom stereocenters. The number of ether oxygens (including phenoxy) is 1. The third-order valence-electron chi connectivity index (χ3n) is 2.75. The molecular formula is C13H26N4O. The second kappa shape index (κ2) is 6.75.